The Balaban J connectivity index is 2.09. The van der Waals surface area contributed by atoms with Crippen molar-refractivity contribution in [3.8, 4) is 0 Å². The molecule has 93 valence electrons. The number of hydrogen-bond donors (Lipinski definition) is 1. The maximum atomic E-state index is 4.70. The van der Waals surface area contributed by atoms with Gasteiger partial charge in [0.05, 0.1) is 9.78 Å². The maximum Gasteiger partial charge on any atom is 0.0701 e. The van der Waals surface area contributed by atoms with Gasteiger partial charge >= 0.3 is 0 Å². The Hall–Kier alpha value is 0.1000. The lowest BCUT2D eigenvalue weighted by atomic mass is 9.96. The molecule has 0 spiro atoms. The van der Waals surface area contributed by atoms with Crippen LogP contribution in [0.25, 0.3) is 0 Å². The van der Waals surface area contributed by atoms with Crippen molar-refractivity contribution in [2.45, 2.75) is 22.6 Å². The van der Waals surface area contributed by atoms with Crippen molar-refractivity contribution in [2.75, 3.05) is 19.6 Å². The van der Waals surface area contributed by atoms with Crippen LogP contribution in [0.2, 0.25) is 0 Å². The predicted molar refractivity (Wildman–Crippen MR) is 79.0 cm³/mol. The number of aryl methyl sites for hydroxylation is 1. The molecule has 0 aromatic heterocycles. The van der Waals surface area contributed by atoms with Crippen molar-refractivity contribution in [3.63, 3.8) is 0 Å². The summed E-state index contributed by atoms with van der Waals surface area (Å²) in [7, 11) is 0. The van der Waals surface area contributed by atoms with Crippen LogP contribution in [0.3, 0.4) is 0 Å². The Labute approximate surface area is 120 Å². The summed E-state index contributed by atoms with van der Waals surface area (Å²) in [5, 5.41) is 8.11. The molecule has 1 aliphatic rings. The quantitative estimate of drug-likeness (QED) is 0.821. The average Bonchev–Trinajstić information content (AvgIpc) is 2.38. The van der Waals surface area contributed by atoms with Gasteiger partial charge in [0.25, 0.3) is 0 Å². The van der Waals surface area contributed by atoms with Gasteiger partial charge in [-0.2, -0.15) is 0 Å². The molecular weight excluding hydrogens is 344 g/mol. The first-order valence-corrected chi connectivity index (χ1v) is 7.84. The topological polar surface area (TPSA) is 26.1 Å². The molecule has 1 atom stereocenters. The van der Waals surface area contributed by atoms with E-state index in [1.807, 2.05) is 0 Å². The van der Waals surface area contributed by atoms with E-state index < -0.39 is 0 Å². The number of alkyl halides is 2. The Morgan fingerprint density at radius 1 is 1.35 bits per heavy atom. The Kier molecular flexibility index (Phi) is 5.48. The minimum Gasteiger partial charge on any atom is -0.313 e. The van der Waals surface area contributed by atoms with Crippen molar-refractivity contribution in [1.82, 2.24) is 10.6 Å². The van der Waals surface area contributed by atoms with Crippen molar-refractivity contribution < 1.29 is 0 Å². The van der Waals surface area contributed by atoms with E-state index in [2.05, 4.69) is 61.4 Å². The third-order valence-electron chi connectivity index (χ3n) is 3.02. The molecule has 0 aliphatic carbocycles. The minimum atomic E-state index is 0.337. The van der Waals surface area contributed by atoms with E-state index in [9.17, 15) is 0 Å². The van der Waals surface area contributed by atoms with E-state index in [0.717, 1.165) is 32.5 Å². The van der Waals surface area contributed by atoms with E-state index in [4.69, 9.17) is 5.32 Å². The molecule has 1 saturated heterocycles. The third-order valence-corrected chi connectivity index (χ3v) is 3.94. The highest BCUT2D eigenvalue weighted by Crippen LogP contribution is 2.23. The zero-order valence-corrected chi connectivity index (χ0v) is 12.9. The van der Waals surface area contributed by atoms with Gasteiger partial charge in [0, 0.05) is 19.6 Å². The Morgan fingerprint density at radius 2 is 2.18 bits per heavy atom. The van der Waals surface area contributed by atoms with Gasteiger partial charge in [0.2, 0.25) is 0 Å². The van der Waals surface area contributed by atoms with Crippen molar-refractivity contribution in [3.05, 3.63) is 35.4 Å². The molecule has 1 unspecified atom stereocenters. The molecule has 1 radical (unpaired) electrons. The lowest BCUT2D eigenvalue weighted by molar-refractivity contribution is 0.419. The smallest absolute Gasteiger partial charge is 0.0701 e. The molecule has 1 N–H and O–H groups in total. The van der Waals surface area contributed by atoms with Gasteiger partial charge < -0.3 is 5.32 Å². The summed E-state index contributed by atoms with van der Waals surface area (Å²) >= 11 is 7.07. The second-order valence-electron chi connectivity index (χ2n) is 4.25. The number of nitrogens with one attached hydrogen (secondary N) is 1. The normalized spacial score (nSPS) is 20.8. The standard InChI is InChI=1S/C13H17Br2N2/c14-13(15)6-5-10-3-1-2-4-11(10)12-9-16-7-8-17-12/h1-4,12-13,16H,5-9H2. The molecule has 0 saturated carbocycles. The predicted octanol–water partition coefficient (Wildman–Crippen LogP) is 2.98. The molecule has 0 amide bonds. The molecule has 1 heterocycles. The molecule has 1 aliphatic heterocycles. The maximum absolute atomic E-state index is 4.70. The van der Waals surface area contributed by atoms with Crippen LogP contribution < -0.4 is 10.6 Å². The van der Waals surface area contributed by atoms with Crippen LogP contribution >= 0.6 is 31.9 Å². The van der Waals surface area contributed by atoms with Gasteiger partial charge in [0.1, 0.15) is 0 Å². The van der Waals surface area contributed by atoms with Crippen molar-refractivity contribution >= 4 is 31.9 Å². The monoisotopic (exact) mass is 359 g/mol. The third kappa shape index (κ3) is 4.05. The van der Waals surface area contributed by atoms with Crippen LogP contribution in [0, 0.1) is 0 Å². The zero-order valence-electron chi connectivity index (χ0n) is 9.70. The largest absolute Gasteiger partial charge is 0.313 e. The first-order valence-electron chi connectivity index (χ1n) is 6.00. The minimum absolute atomic E-state index is 0.337. The molecule has 1 aromatic carbocycles. The zero-order chi connectivity index (χ0) is 12.1. The second-order valence-corrected chi connectivity index (χ2v) is 7.69. The summed E-state index contributed by atoms with van der Waals surface area (Å²) in [5.41, 5.74) is 2.81. The van der Waals surface area contributed by atoms with Crippen LogP contribution in [-0.2, 0) is 6.42 Å². The highest BCUT2D eigenvalue weighted by Gasteiger charge is 2.18. The van der Waals surface area contributed by atoms with Crippen LogP contribution in [0.15, 0.2) is 24.3 Å². The lowest BCUT2D eigenvalue weighted by Gasteiger charge is -2.25. The fourth-order valence-corrected chi connectivity index (χ4v) is 2.62. The van der Waals surface area contributed by atoms with Crippen molar-refractivity contribution in [2.24, 2.45) is 0 Å². The van der Waals surface area contributed by atoms with Crippen LogP contribution in [0.1, 0.15) is 23.6 Å². The Morgan fingerprint density at radius 3 is 2.88 bits per heavy atom. The van der Waals surface area contributed by atoms with Crippen LogP contribution in [0.5, 0.6) is 0 Å². The van der Waals surface area contributed by atoms with Gasteiger partial charge in [-0.15, -0.1) is 0 Å². The van der Waals surface area contributed by atoms with Gasteiger partial charge in [-0.05, 0) is 24.0 Å². The molecule has 0 bridgehead atoms. The number of piperazine rings is 1. The highest BCUT2D eigenvalue weighted by molar-refractivity contribution is 9.24. The molecular formula is C13H17Br2N2. The summed E-state index contributed by atoms with van der Waals surface area (Å²) in [6.07, 6.45) is 2.18. The average molecular weight is 361 g/mol. The van der Waals surface area contributed by atoms with E-state index in [1.165, 1.54) is 11.1 Å². The lowest BCUT2D eigenvalue weighted by Crippen LogP contribution is -2.38. The van der Waals surface area contributed by atoms with E-state index >= 15 is 0 Å². The fourth-order valence-electron chi connectivity index (χ4n) is 2.16. The first kappa shape index (κ1) is 13.5. The number of nitrogens with zero attached hydrogens (tertiary/aromatic N) is 1. The summed E-state index contributed by atoms with van der Waals surface area (Å²) < 4.78 is 0.393. The van der Waals surface area contributed by atoms with Crippen molar-refractivity contribution in [1.29, 1.82) is 0 Å². The Bertz CT molecular complexity index is 349. The number of hydrogen-bond acceptors (Lipinski definition) is 1. The molecule has 1 aromatic rings. The fraction of sp³-hybridized carbons (Fsp3) is 0.538. The number of halogens is 2. The summed E-state index contributed by atoms with van der Waals surface area (Å²) in [6.45, 7) is 2.92. The van der Waals surface area contributed by atoms with E-state index in [-0.39, 0.29) is 0 Å². The summed E-state index contributed by atoms with van der Waals surface area (Å²) in [6, 6.07) is 9.01. The number of benzene rings is 1. The first-order chi connectivity index (χ1) is 8.27. The highest BCUT2D eigenvalue weighted by atomic mass is 79.9. The van der Waals surface area contributed by atoms with Crippen LogP contribution in [-0.4, -0.2) is 23.4 Å². The second kappa shape index (κ2) is 6.88. The molecule has 1 fully saturated rings. The summed E-state index contributed by atoms with van der Waals surface area (Å²) in [4.78, 5) is 0. The summed E-state index contributed by atoms with van der Waals surface area (Å²) in [5.74, 6) is 0. The van der Waals surface area contributed by atoms with Gasteiger partial charge in [-0.25, -0.2) is 5.32 Å². The number of rotatable bonds is 4. The van der Waals surface area contributed by atoms with Gasteiger partial charge in [-0.1, -0.05) is 56.1 Å². The SMILES string of the molecule is BrC(Br)CCc1ccccc1C1CNCC[N]1. The van der Waals surface area contributed by atoms with E-state index in [1.54, 1.807) is 0 Å². The molecule has 4 heteroatoms. The molecule has 17 heavy (non-hydrogen) atoms. The molecule has 2 nitrogen and oxygen atoms in total. The van der Waals surface area contributed by atoms with Crippen LogP contribution in [0.4, 0.5) is 0 Å². The van der Waals surface area contributed by atoms with Gasteiger partial charge in [0.15, 0.2) is 0 Å². The van der Waals surface area contributed by atoms with Gasteiger partial charge in [-0.3, -0.25) is 0 Å². The molecule has 2 rings (SSSR count). The van der Waals surface area contributed by atoms with E-state index in [0.29, 0.717) is 9.78 Å².